The zero-order chi connectivity index (χ0) is 20.4. The Balaban J connectivity index is 1.31. The minimum atomic E-state index is -0.322. The first-order chi connectivity index (χ1) is 14.0. The highest BCUT2D eigenvalue weighted by molar-refractivity contribution is 8.01. The van der Waals surface area contributed by atoms with E-state index in [1.165, 1.54) is 12.1 Å². The molecule has 2 aromatic rings. The maximum Gasteiger partial charge on any atom is 0.235 e. The van der Waals surface area contributed by atoms with Crippen LogP contribution in [0.25, 0.3) is 0 Å². The highest BCUT2D eigenvalue weighted by Gasteiger charge is 2.36. The van der Waals surface area contributed by atoms with E-state index in [1.807, 2.05) is 18.0 Å². The van der Waals surface area contributed by atoms with Crippen LogP contribution >= 0.6 is 11.8 Å². The molecule has 1 aromatic carbocycles. The molecule has 6 nitrogen and oxygen atoms in total. The Bertz CT molecular complexity index is 891. The van der Waals surface area contributed by atoms with Crippen molar-refractivity contribution >= 4 is 23.6 Å². The Morgan fingerprint density at radius 3 is 2.66 bits per heavy atom. The molecule has 2 fully saturated rings. The van der Waals surface area contributed by atoms with E-state index in [4.69, 9.17) is 4.74 Å². The predicted octanol–water partition coefficient (Wildman–Crippen LogP) is 3.08. The predicted molar refractivity (Wildman–Crippen MR) is 108 cm³/mol. The lowest BCUT2D eigenvalue weighted by atomic mass is 10.2. The van der Waals surface area contributed by atoms with Crippen LogP contribution in [0.5, 0.6) is 11.6 Å². The van der Waals surface area contributed by atoms with Crippen molar-refractivity contribution in [1.29, 1.82) is 0 Å². The number of rotatable bonds is 6. The number of amides is 2. The molecule has 0 aliphatic carbocycles. The van der Waals surface area contributed by atoms with Crippen LogP contribution in [0.2, 0.25) is 0 Å². The third-order valence-corrected chi connectivity index (χ3v) is 6.59. The second-order valence-corrected chi connectivity index (χ2v) is 8.84. The van der Waals surface area contributed by atoms with Gasteiger partial charge in [0.25, 0.3) is 0 Å². The molecule has 4 rings (SSSR count). The summed E-state index contributed by atoms with van der Waals surface area (Å²) in [4.78, 5) is 32.3. The molecular weight excluding hydrogens is 393 g/mol. The summed E-state index contributed by atoms with van der Waals surface area (Å²) < 4.78 is 18.5. The third-order valence-electron chi connectivity index (χ3n) is 5.12. The lowest BCUT2D eigenvalue weighted by Crippen LogP contribution is -2.27. The van der Waals surface area contributed by atoms with Gasteiger partial charge in [-0.15, -0.1) is 11.8 Å². The molecule has 1 unspecified atom stereocenters. The second-order valence-electron chi connectivity index (χ2n) is 7.33. The topological polar surface area (TPSA) is 62.7 Å². The van der Waals surface area contributed by atoms with E-state index in [-0.39, 0.29) is 28.1 Å². The number of carbonyl (C=O) groups is 2. The van der Waals surface area contributed by atoms with Crippen molar-refractivity contribution in [2.45, 2.75) is 29.9 Å². The van der Waals surface area contributed by atoms with Crippen molar-refractivity contribution in [1.82, 2.24) is 14.8 Å². The molecule has 152 valence electrons. The summed E-state index contributed by atoms with van der Waals surface area (Å²) in [5, 5.41) is 0.124. The normalized spacial score (nSPS) is 21.9. The number of aromatic nitrogens is 1. The van der Waals surface area contributed by atoms with E-state index in [1.54, 1.807) is 41.1 Å². The average Bonchev–Trinajstić information content (AvgIpc) is 3.21. The van der Waals surface area contributed by atoms with Crippen molar-refractivity contribution in [3.8, 4) is 11.6 Å². The smallest absolute Gasteiger partial charge is 0.235 e. The lowest BCUT2D eigenvalue weighted by Gasteiger charge is -2.18. The average molecular weight is 415 g/mol. The van der Waals surface area contributed by atoms with E-state index in [9.17, 15) is 14.0 Å². The molecule has 3 heterocycles. The van der Waals surface area contributed by atoms with Gasteiger partial charge >= 0.3 is 0 Å². The van der Waals surface area contributed by atoms with Gasteiger partial charge < -0.3 is 14.5 Å². The Morgan fingerprint density at radius 2 is 2.00 bits per heavy atom. The van der Waals surface area contributed by atoms with Crippen molar-refractivity contribution in [2.24, 2.45) is 0 Å². The number of halogens is 1. The van der Waals surface area contributed by atoms with Gasteiger partial charge in [0, 0.05) is 50.6 Å². The van der Waals surface area contributed by atoms with E-state index >= 15 is 0 Å². The summed E-state index contributed by atoms with van der Waals surface area (Å²) in [7, 11) is 1.82. The minimum absolute atomic E-state index is 0.0256. The minimum Gasteiger partial charge on any atom is -0.439 e. The molecule has 0 radical (unpaired) electrons. The van der Waals surface area contributed by atoms with Crippen LogP contribution in [0.1, 0.15) is 18.4 Å². The molecule has 1 aromatic heterocycles. The summed E-state index contributed by atoms with van der Waals surface area (Å²) >= 11 is 1.63. The number of ether oxygens (including phenoxy) is 1. The molecule has 0 N–H and O–H groups in total. The van der Waals surface area contributed by atoms with Crippen molar-refractivity contribution in [3.05, 3.63) is 54.0 Å². The van der Waals surface area contributed by atoms with Crippen LogP contribution in [0.3, 0.4) is 0 Å². The fourth-order valence-corrected chi connectivity index (χ4v) is 5.04. The number of hydrogen-bond donors (Lipinski definition) is 0. The van der Waals surface area contributed by atoms with Gasteiger partial charge in [-0.05, 0) is 36.2 Å². The number of pyridine rings is 1. The zero-order valence-electron chi connectivity index (χ0n) is 16.1. The van der Waals surface area contributed by atoms with Crippen LogP contribution in [0.4, 0.5) is 4.39 Å². The van der Waals surface area contributed by atoms with Gasteiger partial charge in [-0.3, -0.25) is 9.59 Å². The van der Waals surface area contributed by atoms with E-state index < -0.39 is 0 Å². The van der Waals surface area contributed by atoms with Crippen LogP contribution in [0, 0.1) is 5.82 Å². The van der Waals surface area contributed by atoms with E-state index in [2.05, 4.69) is 4.98 Å². The summed E-state index contributed by atoms with van der Waals surface area (Å²) in [5.41, 5.74) is 0.909. The summed E-state index contributed by atoms with van der Waals surface area (Å²) in [6.07, 6.45) is 3.00. The van der Waals surface area contributed by atoms with Gasteiger partial charge in [-0.2, -0.15) is 0 Å². The highest BCUT2D eigenvalue weighted by Crippen LogP contribution is 2.33. The summed E-state index contributed by atoms with van der Waals surface area (Å²) in [5.74, 6) is 0.866. The molecule has 2 aliphatic rings. The summed E-state index contributed by atoms with van der Waals surface area (Å²) in [6, 6.07) is 9.34. The van der Waals surface area contributed by atoms with Gasteiger partial charge in [0.1, 0.15) is 11.6 Å². The second kappa shape index (κ2) is 8.41. The van der Waals surface area contributed by atoms with Crippen LogP contribution in [-0.4, -0.2) is 57.2 Å². The van der Waals surface area contributed by atoms with Gasteiger partial charge in [-0.25, -0.2) is 9.37 Å². The Kier molecular flexibility index (Phi) is 5.71. The number of carbonyl (C=O) groups excluding carboxylic acids is 2. The Morgan fingerprint density at radius 1 is 1.21 bits per heavy atom. The molecule has 0 saturated carbocycles. The monoisotopic (exact) mass is 415 g/mol. The standard InChI is InChI=1S/C21H22FN3O3S/c1-24-9-8-18(21(24)27)29-17-10-20(26)25(13-17)12-14-2-7-19(23-11-14)28-16-5-3-15(22)4-6-16/h2-7,11,17-18H,8-10,12-13H2,1H3/t17-,18?/m1/s1. The van der Waals surface area contributed by atoms with Gasteiger partial charge in [0.05, 0.1) is 5.25 Å². The SMILES string of the molecule is CN1CCC(S[C@@H]2CC(=O)N(Cc3ccc(Oc4ccc(F)cc4)nc3)C2)C1=O. The van der Waals surface area contributed by atoms with Crippen LogP contribution in [-0.2, 0) is 16.1 Å². The fraction of sp³-hybridized carbons (Fsp3) is 0.381. The number of hydrogen-bond acceptors (Lipinski definition) is 5. The molecule has 2 aliphatic heterocycles. The number of benzene rings is 1. The number of nitrogens with zero attached hydrogens (tertiary/aromatic N) is 3. The maximum absolute atomic E-state index is 13.0. The Hall–Kier alpha value is -2.61. The molecule has 2 saturated heterocycles. The van der Waals surface area contributed by atoms with Crippen molar-refractivity contribution < 1.29 is 18.7 Å². The number of likely N-dealkylation sites (tertiary alicyclic amines) is 2. The zero-order valence-corrected chi connectivity index (χ0v) is 16.9. The van der Waals surface area contributed by atoms with E-state index in [0.29, 0.717) is 31.1 Å². The number of thioether (sulfide) groups is 1. The maximum atomic E-state index is 13.0. The van der Waals surface area contributed by atoms with Gasteiger partial charge in [-0.1, -0.05) is 6.07 Å². The lowest BCUT2D eigenvalue weighted by molar-refractivity contribution is -0.128. The quantitative estimate of drug-likeness (QED) is 0.726. The van der Waals surface area contributed by atoms with E-state index in [0.717, 1.165) is 18.5 Å². The van der Waals surface area contributed by atoms with Gasteiger partial charge in [0.2, 0.25) is 17.7 Å². The van der Waals surface area contributed by atoms with Crippen LogP contribution < -0.4 is 4.74 Å². The first kappa shape index (κ1) is 19.7. The largest absolute Gasteiger partial charge is 0.439 e. The van der Waals surface area contributed by atoms with Crippen molar-refractivity contribution in [3.63, 3.8) is 0 Å². The Labute approximate surface area is 173 Å². The molecular formula is C21H22FN3O3S. The molecule has 2 atom stereocenters. The molecule has 2 amide bonds. The molecule has 0 spiro atoms. The highest BCUT2D eigenvalue weighted by atomic mass is 32.2. The molecule has 8 heteroatoms. The fourth-order valence-electron chi connectivity index (χ4n) is 3.54. The van der Waals surface area contributed by atoms with Gasteiger partial charge in [0.15, 0.2) is 0 Å². The third kappa shape index (κ3) is 4.70. The first-order valence-electron chi connectivity index (χ1n) is 9.54. The first-order valence-corrected chi connectivity index (χ1v) is 10.5. The molecule has 29 heavy (non-hydrogen) atoms. The molecule has 0 bridgehead atoms. The van der Waals surface area contributed by atoms with Crippen LogP contribution in [0.15, 0.2) is 42.6 Å². The summed E-state index contributed by atoms with van der Waals surface area (Å²) in [6.45, 7) is 1.92. The van der Waals surface area contributed by atoms with Crippen molar-refractivity contribution in [2.75, 3.05) is 20.1 Å².